The van der Waals surface area contributed by atoms with Crippen molar-refractivity contribution in [3.63, 3.8) is 0 Å². The van der Waals surface area contributed by atoms with Crippen LogP contribution in [0.3, 0.4) is 0 Å². The van der Waals surface area contributed by atoms with Crippen LogP contribution in [0, 0.1) is 0 Å². The number of thiol groups is 1. The Balaban J connectivity index is 3.64. The first-order valence-corrected chi connectivity index (χ1v) is 18.8. The first kappa shape index (κ1) is 42.2. The average Bonchev–Trinajstić information content (AvgIpc) is 3.02. The van der Waals surface area contributed by atoms with Crippen LogP contribution in [-0.2, 0) is 19.1 Å². The van der Waals surface area contributed by atoms with E-state index in [2.05, 4.69) is 75.1 Å². The molecule has 0 amide bonds. The van der Waals surface area contributed by atoms with Crippen LogP contribution in [0.1, 0.15) is 168 Å². The van der Waals surface area contributed by atoms with Crippen molar-refractivity contribution in [2.45, 2.75) is 174 Å². The summed E-state index contributed by atoms with van der Waals surface area (Å²) in [5.41, 5.74) is 0. The van der Waals surface area contributed by atoms with Gasteiger partial charge < -0.3 is 9.47 Å². The molecule has 0 aromatic carbocycles. The Morgan fingerprint density at radius 2 is 0.909 bits per heavy atom. The molecule has 0 bridgehead atoms. The van der Waals surface area contributed by atoms with Crippen LogP contribution in [0.5, 0.6) is 0 Å². The minimum absolute atomic E-state index is 0.0938. The van der Waals surface area contributed by atoms with E-state index < -0.39 is 6.10 Å². The molecule has 0 saturated carbocycles. The molecule has 0 fully saturated rings. The number of carbonyl (C=O) groups is 2. The molecule has 5 heteroatoms. The largest absolute Gasteiger partial charge is 0.462 e. The lowest BCUT2D eigenvalue weighted by Crippen LogP contribution is -2.26. The van der Waals surface area contributed by atoms with Gasteiger partial charge in [0.05, 0.1) is 0 Å². The topological polar surface area (TPSA) is 52.6 Å². The molecule has 44 heavy (non-hydrogen) atoms. The molecule has 0 aliphatic rings. The van der Waals surface area contributed by atoms with Crippen molar-refractivity contribution in [2.24, 2.45) is 0 Å². The third kappa shape index (κ3) is 33.1. The molecule has 254 valence electrons. The van der Waals surface area contributed by atoms with Gasteiger partial charge >= 0.3 is 11.9 Å². The second kappa shape index (κ2) is 35.7. The van der Waals surface area contributed by atoms with E-state index >= 15 is 0 Å². The van der Waals surface area contributed by atoms with E-state index in [9.17, 15) is 9.59 Å². The van der Waals surface area contributed by atoms with Crippen molar-refractivity contribution in [3.8, 4) is 0 Å². The lowest BCUT2D eigenvalue weighted by molar-refractivity contribution is -0.157. The number of esters is 2. The summed E-state index contributed by atoms with van der Waals surface area (Å²) in [4.78, 5) is 24.3. The van der Waals surface area contributed by atoms with Crippen LogP contribution >= 0.6 is 12.6 Å². The minimum atomic E-state index is -0.475. The van der Waals surface area contributed by atoms with Crippen LogP contribution in [0.15, 0.2) is 48.6 Å². The van der Waals surface area contributed by atoms with E-state index in [4.69, 9.17) is 9.47 Å². The Hall–Kier alpha value is -1.75. The van der Waals surface area contributed by atoms with Gasteiger partial charge in [0.1, 0.15) is 12.7 Å². The highest BCUT2D eigenvalue weighted by atomic mass is 32.1. The molecule has 0 aliphatic heterocycles. The normalized spacial score (nSPS) is 12.7. The molecule has 0 heterocycles. The molecule has 1 unspecified atom stereocenters. The summed E-state index contributed by atoms with van der Waals surface area (Å²) in [5.74, 6) is -0.0861. The first-order valence-electron chi connectivity index (χ1n) is 18.2. The van der Waals surface area contributed by atoms with Gasteiger partial charge in [-0.05, 0) is 77.0 Å². The van der Waals surface area contributed by atoms with Crippen LogP contribution in [0.25, 0.3) is 0 Å². The van der Waals surface area contributed by atoms with Gasteiger partial charge in [0.2, 0.25) is 0 Å². The molecule has 0 saturated heterocycles. The summed E-state index contributed by atoms with van der Waals surface area (Å²) in [5, 5.41) is 0. The third-order valence-corrected chi connectivity index (χ3v) is 8.00. The van der Waals surface area contributed by atoms with E-state index in [0.29, 0.717) is 18.6 Å². The van der Waals surface area contributed by atoms with Crippen LogP contribution in [0.4, 0.5) is 0 Å². The van der Waals surface area contributed by atoms with Crippen molar-refractivity contribution < 1.29 is 19.1 Å². The predicted octanol–water partition coefficient (Wildman–Crippen LogP) is 12.0. The quantitative estimate of drug-likeness (QED) is 0.0347. The zero-order valence-corrected chi connectivity index (χ0v) is 29.6. The summed E-state index contributed by atoms with van der Waals surface area (Å²) in [7, 11) is 0. The van der Waals surface area contributed by atoms with E-state index in [-0.39, 0.29) is 18.5 Å². The van der Waals surface area contributed by atoms with E-state index in [1.165, 1.54) is 77.0 Å². The van der Waals surface area contributed by atoms with Crippen LogP contribution < -0.4 is 0 Å². The molecule has 0 radical (unpaired) electrons. The fourth-order valence-corrected chi connectivity index (χ4v) is 4.97. The van der Waals surface area contributed by atoms with E-state index in [1.807, 2.05) is 0 Å². The van der Waals surface area contributed by atoms with Crippen LogP contribution in [-0.4, -0.2) is 30.4 Å². The molecule has 0 N–H and O–H groups in total. The number of allylic oxidation sites excluding steroid dienone is 8. The van der Waals surface area contributed by atoms with Gasteiger partial charge in [0, 0.05) is 18.6 Å². The Morgan fingerprint density at radius 1 is 0.523 bits per heavy atom. The Kier molecular flexibility index (Phi) is 34.3. The van der Waals surface area contributed by atoms with Crippen LogP contribution in [0.2, 0.25) is 0 Å². The molecule has 4 nitrogen and oxygen atoms in total. The highest BCUT2D eigenvalue weighted by molar-refractivity contribution is 7.80. The van der Waals surface area contributed by atoms with Crippen molar-refractivity contribution in [1.29, 1.82) is 0 Å². The second-order valence-corrected chi connectivity index (χ2v) is 12.3. The predicted molar refractivity (Wildman–Crippen MR) is 193 cm³/mol. The first-order chi connectivity index (χ1) is 21.6. The fraction of sp³-hybridized carbons (Fsp3) is 0.744. The lowest BCUT2D eigenvalue weighted by atomic mass is 10.1. The molecule has 0 spiro atoms. The maximum Gasteiger partial charge on any atom is 0.306 e. The number of hydrogen-bond acceptors (Lipinski definition) is 5. The van der Waals surface area contributed by atoms with Crippen molar-refractivity contribution in [1.82, 2.24) is 0 Å². The number of hydrogen-bond donors (Lipinski definition) is 1. The maximum atomic E-state index is 12.2. The number of unbranched alkanes of at least 4 members (excludes halogenated alkanes) is 16. The molecule has 1 atom stereocenters. The lowest BCUT2D eigenvalue weighted by Gasteiger charge is -2.16. The smallest absolute Gasteiger partial charge is 0.306 e. The summed E-state index contributed by atoms with van der Waals surface area (Å²) in [6.07, 6.45) is 44.0. The third-order valence-electron chi connectivity index (χ3n) is 7.60. The summed E-state index contributed by atoms with van der Waals surface area (Å²) < 4.78 is 10.8. The average molecular weight is 633 g/mol. The van der Waals surface area contributed by atoms with Crippen molar-refractivity contribution in [2.75, 3.05) is 12.4 Å². The van der Waals surface area contributed by atoms with Gasteiger partial charge in [-0.2, -0.15) is 12.6 Å². The molecular weight excluding hydrogens is 564 g/mol. The molecule has 0 aliphatic carbocycles. The number of rotatable bonds is 32. The molecule has 0 aromatic rings. The summed E-state index contributed by atoms with van der Waals surface area (Å²) in [6.45, 7) is 4.57. The van der Waals surface area contributed by atoms with Gasteiger partial charge in [-0.3, -0.25) is 9.59 Å². The minimum Gasteiger partial charge on any atom is -0.462 e. The SMILES string of the molecule is CCCCCC=CCC=CCCCCCCCC(=O)OCC(CS)OC(=O)CCCCCCCC=CCC=CCCCCC. The monoisotopic (exact) mass is 632 g/mol. The van der Waals surface area contributed by atoms with Crippen molar-refractivity contribution in [3.05, 3.63) is 48.6 Å². The standard InChI is InChI=1S/C39H68O4S/c1-3-5-7-9-11-13-15-17-19-21-23-25-27-29-31-33-38(40)42-35-37(36-44)43-39(41)34-32-30-28-26-24-22-20-18-16-14-12-10-8-6-4-2/h11-14,17-20,37,44H,3-10,15-16,21-36H2,1-2H3. The number of carbonyl (C=O) groups excluding carboxylic acids is 2. The summed E-state index contributed by atoms with van der Waals surface area (Å²) >= 11 is 4.27. The number of ether oxygens (including phenoxy) is 2. The van der Waals surface area contributed by atoms with Gasteiger partial charge in [-0.25, -0.2) is 0 Å². The second-order valence-electron chi connectivity index (χ2n) is 11.9. The maximum absolute atomic E-state index is 12.2. The molecule has 0 rings (SSSR count). The van der Waals surface area contributed by atoms with Gasteiger partial charge in [-0.15, -0.1) is 0 Å². The Bertz CT molecular complexity index is 755. The highest BCUT2D eigenvalue weighted by Crippen LogP contribution is 2.11. The van der Waals surface area contributed by atoms with Gasteiger partial charge in [0.25, 0.3) is 0 Å². The highest BCUT2D eigenvalue weighted by Gasteiger charge is 2.15. The molecule has 0 aromatic heterocycles. The fourth-order valence-electron chi connectivity index (χ4n) is 4.79. The van der Waals surface area contributed by atoms with Gasteiger partial charge in [0.15, 0.2) is 0 Å². The Morgan fingerprint density at radius 3 is 1.34 bits per heavy atom. The summed E-state index contributed by atoms with van der Waals surface area (Å²) in [6, 6.07) is 0. The zero-order chi connectivity index (χ0) is 32.2. The van der Waals surface area contributed by atoms with E-state index in [0.717, 1.165) is 64.2 Å². The van der Waals surface area contributed by atoms with Crippen molar-refractivity contribution >= 4 is 24.6 Å². The molecular formula is C39H68O4S. The van der Waals surface area contributed by atoms with E-state index in [1.54, 1.807) is 0 Å². The Labute approximate surface area is 278 Å². The zero-order valence-electron chi connectivity index (χ0n) is 28.7. The van der Waals surface area contributed by atoms with Gasteiger partial charge in [-0.1, -0.05) is 127 Å².